The van der Waals surface area contributed by atoms with E-state index >= 15 is 0 Å². The lowest BCUT2D eigenvalue weighted by molar-refractivity contribution is 0.125. The second-order valence-corrected chi connectivity index (χ2v) is 6.70. The van der Waals surface area contributed by atoms with Crippen LogP contribution in [0.3, 0.4) is 0 Å². The average Bonchev–Trinajstić information content (AvgIpc) is 2.80. The monoisotopic (exact) mass is 246 g/mol. The van der Waals surface area contributed by atoms with Crippen molar-refractivity contribution in [3.8, 4) is 0 Å². The topological polar surface area (TPSA) is 43.3 Å². The van der Waals surface area contributed by atoms with E-state index in [1.807, 2.05) is 0 Å². The summed E-state index contributed by atoms with van der Waals surface area (Å²) in [4.78, 5) is 6.94. The number of hydrogen-bond acceptors (Lipinski definition) is 5. The highest BCUT2D eigenvalue weighted by atomic mass is 28.4. The van der Waals surface area contributed by atoms with E-state index in [-0.39, 0.29) is 0 Å². The molecular formula is C10H22N2O3Si. The molecular weight excluding hydrogens is 224 g/mol. The number of aliphatic imine (C=N–C) groups is 1. The Morgan fingerprint density at radius 3 is 2.31 bits per heavy atom. The van der Waals surface area contributed by atoms with Gasteiger partial charge in [0.15, 0.2) is 0 Å². The van der Waals surface area contributed by atoms with E-state index in [0.29, 0.717) is 6.17 Å². The summed E-state index contributed by atoms with van der Waals surface area (Å²) in [6.45, 7) is 5.33. The van der Waals surface area contributed by atoms with E-state index in [1.165, 1.54) is 5.71 Å². The zero-order valence-electron chi connectivity index (χ0n) is 10.7. The summed E-state index contributed by atoms with van der Waals surface area (Å²) < 4.78 is 16.0. The lowest BCUT2D eigenvalue weighted by atomic mass is 10.3. The van der Waals surface area contributed by atoms with E-state index in [1.54, 1.807) is 21.3 Å². The van der Waals surface area contributed by atoms with E-state index in [9.17, 15) is 0 Å². The molecule has 0 aromatic rings. The fourth-order valence-electron chi connectivity index (χ4n) is 1.75. The van der Waals surface area contributed by atoms with Gasteiger partial charge in [-0.3, -0.25) is 9.89 Å². The van der Waals surface area contributed by atoms with Gasteiger partial charge in [-0.25, -0.2) is 0 Å². The molecule has 0 spiro atoms. The summed E-state index contributed by atoms with van der Waals surface area (Å²) in [7, 11) is 2.33. The molecule has 0 unspecified atom stereocenters. The Bertz CT molecular complexity index is 236. The second-order valence-electron chi connectivity index (χ2n) is 3.80. The van der Waals surface area contributed by atoms with Crippen molar-refractivity contribution in [1.29, 1.82) is 0 Å². The SMILES string of the molecule is CCN1CCC(=NC[Si](OC)(OC)OC)C1. The van der Waals surface area contributed by atoms with Crippen LogP contribution in [-0.4, -0.2) is 66.5 Å². The molecule has 1 aliphatic heterocycles. The molecule has 0 aliphatic carbocycles. The molecule has 0 atom stereocenters. The Hall–Kier alpha value is -0.273. The minimum atomic E-state index is -2.52. The van der Waals surface area contributed by atoms with Crippen molar-refractivity contribution < 1.29 is 13.3 Å². The molecule has 0 aromatic heterocycles. The van der Waals surface area contributed by atoms with Crippen LogP contribution in [0, 0.1) is 0 Å². The first-order valence-corrected chi connectivity index (χ1v) is 7.53. The third-order valence-electron chi connectivity index (χ3n) is 3.00. The molecule has 1 heterocycles. The van der Waals surface area contributed by atoms with Crippen LogP contribution < -0.4 is 0 Å². The van der Waals surface area contributed by atoms with E-state index in [4.69, 9.17) is 13.3 Å². The minimum Gasteiger partial charge on any atom is -0.376 e. The Labute approximate surface area is 98.8 Å². The van der Waals surface area contributed by atoms with E-state index < -0.39 is 8.80 Å². The Morgan fingerprint density at radius 1 is 1.25 bits per heavy atom. The predicted molar refractivity (Wildman–Crippen MR) is 65.8 cm³/mol. The lowest BCUT2D eigenvalue weighted by Crippen LogP contribution is -2.46. The molecule has 0 saturated carbocycles. The van der Waals surface area contributed by atoms with Gasteiger partial charge in [-0.1, -0.05) is 6.92 Å². The average molecular weight is 246 g/mol. The molecule has 1 saturated heterocycles. The molecule has 0 amide bonds. The van der Waals surface area contributed by atoms with Gasteiger partial charge >= 0.3 is 8.80 Å². The first-order valence-electron chi connectivity index (χ1n) is 5.59. The highest BCUT2D eigenvalue weighted by Gasteiger charge is 2.38. The van der Waals surface area contributed by atoms with Gasteiger partial charge in [0.2, 0.25) is 0 Å². The number of rotatable bonds is 6. The van der Waals surface area contributed by atoms with Gasteiger partial charge in [0, 0.05) is 40.1 Å². The predicted octanol–water partition coefficient (Wildman–Crippen LogP) is 0.570. The summed E-state index contributed by atoms with van der Waals surface area (Å²) in [6, 6.07) is 0. The van der Waals surface area contributed by atoms with Gasteiger partial charge in [-0.15, -0.1) is 0 Å². The number of hydrogen-bond donors (Lipinski definition) is 0. The lowest BCUT2D eigenvalue weighted by Gasteiger charge is -2.22. The maximum Gasteiger partial charge on any atom is 0.522 e. The van der Waals surface area contributed by atoms with Gasteiger partial charge in [0.05, 0.1) is 0 Å². The molecule has 94 valence electrons. The van der Waals surface area contributed by atoms with E-state index in [0.717, 1.165) is 26.1 Å². The minimum absolute atomic E-state index is 0.517. The maximum absolute atomic E-state index is 5.32. The number of nitrogens with zero attached hydrogens (tertiary/aromatic N) is 2. The standard InChI is InChI=1S/C10H22N2O3Si/c1-5-12-7-6-10(8-12)11-9-16(13-2,14-3)15-4/h5-9H2,1-4H3. The van der Waals surface area contributed by atoms with Gasteiger partial charge < -0.3 is 13.3 Å². The highest BCUT2D eigenvalue weighted by Crippen LogP contribution is 2.10. The second kappa shape index (κ2) is 6.46. The quantitative estimate of drug-likeness (QED) is 0.643. The number of likely N-dealkylation sites (tertiary alicyclic amines) is 1. The first-order chi connectivity index (χ1) is 7.69. The van der Waals surface area contributed by atoms with Gasteiger partial charge in [0.1, 0.15) is 6.17 Å². The van der Waals surface area contributed by atoms with Crippen LogP contribution in [0.15, 0.2) is 4.99 Å². The summed E-state index contributed by atoms with van der Waals surface area (Å²) in [5.41, 5.74) is 1.23. The molecule has 16 heavy (non-hydrogen) atoms. The molecule has 0 radical (unpaired) electrons. The Morgan fingerprint density at radius 2 is 1.88 bits per heavy atom. The zero-order valence-corrected chi connectivity index (χ0v) is 11.7. The van der Waals surface area contributed by atoms with Crippen molar-refractivity contribution in [2.45, 2.75) is 13.3 Å². The molecule has 0 bridgehead atoms. The molecule has 1 aliphatic rings. The van der Waals surface area contributed by atoms with Crippen LogP contribution in [0.25, 0.3) is 0 Å². The molecule has 6 heteroatoms. The fourth-order valence-corrected chi connectivity index (χ4v) is 3.06. The summed E-state index contributed by atoms with van der Waals surface area (Å²) in [6.07, 6.45) is 1.57. The Kier molecular flexibility index (Phi) is 5.57. The Balaban J connectivity index is 2.51. The van der Waals surface area contributed by atoms with Crippen molar-refractivity contribution in [2.24, 2.45) is 4.99 Å². The van der Waals surface area contributed by atoms with Gasteiger partial charge in [-0.05, 0) is 13.0 Å². The fraction of sp³-hybridized carbons (Fsp3) is 0.900. The first kappa shape index (κ1) is 13.8. The zero-order chi connectivity index (χ0) is 12.0. The normalized spacial score (nSPS) is 20.9. The van der Waals surface area contributed by atoms with Crippen LogP contribution in [0.1, 0.15) is 13.3 Å². The third kappa shape index (κ3) is 3.36. The maximum atomic E-state index is 5.32. The highest BCUT2D eigenvalue weighted by molar-refractivity contribution is 6.61. The van der Waals surface area contributed by atoms with Crippen LogP contribution in [-0.2, 0) is 13.3 Å². The smallest absolute Gasteiger partial charge is 0.376 e. The van der Waals surface area contributed by atoms with Crippen molar-refractivity contribution in [2.75, 3.05) is 47.1 Å². The summed E-state index contributed by atoms with van der Waals surface area (Å²) in [5, 5.41) is 0. The molecule has 0 aromatic carbocycles. The van der Waals surface area contributed by atoms with Crippen LogP contribution in [0.5, 0.6) is 0 Å². The van der Waals surface area contributed by atoms with Crippen molar-refractivity contribution in [1.82, 2.24) is 4.90 Å². The van der Waals surface area contributed by atoms with Crippen molar-refractivity contribution in [3.05, 3.63) is 0 Å². The van der Waals surface area contributed by atoms with Crippen molar-refractivity contribution >= 4 is 14.5 Å². The van der Waals surface area contributed by atoms with Gasteiger partial charge in [0.25, 0.3) is 0 Å². The van der Waals surface area contributed by atoms with Crippen LogP contribution >= 0.6 is 0 Å². The van der Waals surface area contributed by atoms with Crippen LogP contribution in [0.2, 0.25) is 0 Å². The summed E-state index contributed by atoms with van der Waals surface area (Å²) in [5.74, 6) is 0. The molecule has 0 N–H and O–H groups in total. The molecule has 5 nitrogen and oxygen atoms in total. The molecule has 1 rings (SSSR count). The molecule has 1 fully saturated rings. The van der Waals surface area contributed by atoms with Crippen LogP contribution in [0.4, 0.5) is 0 Å². The largest absolute Gasteiger partial charge is 0.522 e. The van der Waals surface area contributed by atoms with Gasteiger partial charge in [-0.2, -0.15) is 0 Å². The van der Waals surface area contributed by atoms with E-state index in [2.05, 4.69) is 16.8 Å². The third-order valence-corrected chi connectivity index (χ3v) is 5.41. The summed E-state index contributed by atoms with van der Waals surface area (Å²) >= 11 is 0. The van der Waals surface area contributed by atoms with Crippen molar-refractivity contribution in [3.63, 3.8) is 0 Å².